The highest BCUT2D eigenvalue weighted by Gasteiger charge is 2.36. The highest BCUT2D eigenvalue weighted by Crippen LogP contribution is 2.34. The van der Waals surface area contributed by atoms with Crippen molar-refractivity contribution in [3.05, 3.63) is 71.8 Å². The number of aromatic amines is 1. The third-order valence-electron chi connectivity index (χ3n) is 7.23. The Morgan fingerprint density at radius 2 is 1.98 bits per heavy atom. The number of rotatable bonds is 10. The Labute approximate surface area is 234 Å². The lowest BCUT2D eigenvalue weighted by molar-refractivity contribution is -0.127. The van der Waals surface area contributed by atoms with E-state index in [1.165, 1.54) is 4.31 Å². The van der Waals surface area contributed by atoms with Crippen molar-refractivity contribution >= 4 is 33.5 Å². The zero-order chi connectivity index (χ0) is 28.3. The van der Waals surface area contributed by atoms with Gasteiger partial charge in [0.2, 0.25) is 15.9 Å². The minimum Gasteiger partial charge on any atom is -0.396 e. The summed E-state index contributed by atoms with van der Waals surface area (Å²) in [5, 5.41) is 9.26. The number of sulfonamides is 1. The number of imidazole rings is 1. The van der Waals surface area contributed by atoms with E-state index in [-0.39, 0.29) is 29.7 Å². The van der Waals surface area contributed by atoms with Crippen molar-refractivity contribution in [2.24, 2.45) is 16.6 Å². The summed E-state index contributed by atoms with van der Waals surface area (Å²) in [6.07, 6.45) is 7.04. The van der Waals surface area contributed by atoms with Crippen LogP contribution >= 0.6 is 0 Å². The lowest BCUT2D eigenvalue weighted by atomic mass is 10.0. The molecule has 1 fully saturated rings. The lowest BCUT2D eigenvalue weighted by Gasteiger charge is -2.36. The van der Waals surface area contributed by atoms with Gasteiger partial charge in [-0.15, -0.1) is 0 Å². The Kier molecular flexibility index (Phi) is 8.15. The standard InChI is InChI=1S/C29H34N6O4S/c1-2-9-34(10-8-25-15-31-19-32-25)29(37)24-11-23-7-6-22(13-27(23)33-28(30)14-24)21-4-3-5-26(12-21)40(38,39)35-16-20(17-35)18-36/h3-7,11-13,15,19-20,36H,2,8-10,14,16-18H2,1H3,(H2,30,33)(H,31,32). The van der Waals surface area contributed by atoms with Crippen molar-refractivity contribution in [3.63, 3.8) is 0 Å². The smallest absolute Gasteiger partial charge is 0.250 e. The molecule has 3 heterocycles. The van der Waals surface area contributed by atoms with Gasteiger partial charge in [0.15, 0.2) is 0 Å². The van der Waals surface area contributed by atoms with Crippen molar-refractivity contribution in [1.29, 1.82) is 0 Å². The van der Waals surface area contributed by atoms with E-state index >= 15 is 0 Å². The number of fused-ring (bicyclic) bond motifs is 1. The molecule has 0 bridgehead atoms. The second kappa shape index (κ2) is 11.7. The molecule has 1 aromatic heterocycles. The molecule has 2 aliphatic heterocycles. The predicted molar refractivity (Wildman–Crippen MR) is 154 cm³/mol. The van der Waals surface area contributed by atoms with Crippen molar-refractivity contribution < 1.29 is 18.3 Å². The van der Waals surface area contributed by atoms with Crippen LogP contribution in [0.1, 0.15) is 31.0 Å². The van der Waals surface area contributed by atoms with Gasteiger partial charge in [0, 0.05) is 68.9 Å². The van der Waals surface area contributed by atoms with Crippen LogP contribution in [0, 0.1) is 5.92 Å². The molecular formula is C29H34N6O4S. The number of hydrogen-bond acceptors (Lipinski definition) is 7. The maximum atomic E-state index is 13.5. The van der Waals surface area contributed by atoms with Gasteiger partial charge in [-0.05, 0) is 41.8 Å². The average Bonchev–Trinajstić information content (AvgIpc) is 3.38. The molecule has 3 aromatic rings. The van der Waals surface area contributed by atoms with Gasteiger partial charge in [0.25, 0.3) is 0 Å². The number of carbonyl (C=O) groups excluding carboxylic acids is 1. The zero-order valence-corrected chi connectivity index (χ0v) is 23.3. The third kappa shape index (κ3) is 5.86. The van der Waals surface area contributed by atoms with Gasteiger partial charge >= 0.3 is 0 Å². The lowest BCUT2D eigenvalue weighted by Crippen LogP contribution is -2.51. The van der Waals surface area contributed by atoms with Gasteiger partial charge in [0.1, 0.15) is 5.84 Å². The number of nitrogens with two attached hydrogens (primary N) is 1. The second-order valence-corrected chi connectivity index (χ2v) is 12.2. The van der Waals surface area contributed by atoms with Crippen molar-refractivity contribution in [2.75, 3.05) is 32.8 Å². The molecule has 0 atom stereocenters. The van der Waals surface area contributed by atoms with Crippen molar-refractivity contribution in [1.82, 2.24) is 19.2 Å². The number of aromatic nitrogens is 2. The van der Waals surface area contributed by atoms with E-state index in [4.69, 9.17) is 5.73 Å². The summed E-state index contributed by atoms with van der Waals surface area (Å²) in [5.41, 5.74) is 10.7. The van der Waals surface area contributed by atoms with E-state index in [1.54, 1.807) is 24.5 Å². The topological polar surface area (TPSA) is 145 Å². The third-order valence-corrected chi connectivity index (χ3v) is 9.06. The molecule has 1 amide bonds. The average molecular weight is 563 g/mol. The first kappa shape index (κ1) is 27.8. The molecule has 1 saturated heterocycles. The number of nitrogens with zero attached hydrogens (tertiary/aromatic N) is 4. The van der Waals surface area contributed by atoms with Crippen LogP contribution in [0.3, 0.4) is 0 Å². The molecule has 0 saturated carbocycles. The highest BCUT2D eigenvalue weighted by atomic mass is 32.2. The van der Waals surface area contributed by atoms with Gasteiger partial charge in [-0.2, -0.15) is 4.31 Å². The molecule has 40 heavy (non-hydrogen) atoms. The number of hydrogen-bond donors (Lipinski definition) is 3. The van der Waals surface area contributed by atoms with Crippen LogP contribution in [-0.4, -0.2) is 77.2 Å². The Morgan fingerprint density at radius 3 is 2.70 bits per heavy atom. The van der Waals surface area contributed by atoms with Crippen LogP contribution in [0.2, 0.25) is 0 Å². The number of amides is 1. The fourth-order valence-corrected chi connectivity index (χ4v) is 6.63. The molecule has 2 aliphatic rings. The maximum absolute atomic E-state index is 13.5. The second-order valence-electron chi connectivity index (χ2n) is 10.2. The minimum atomic E-state index is -3.64. The zero-order valence-electron chi connectivity index (χ0n) is 22.5. The summed E-state index contributed by atoms with van der Waals surface area (Å²) in [4.78, 5) is 27.4. The molecular weight excluding hydrogens is 528 g/mol. The monoisotopic (exact) mass is 562 g/mol. The molecule has 0 radical (unpaired) electrons. The SMILES string of the molecule is CCCN(CCc1c[nH]cn1)C(=O)C1=Cc2ccc(-c3cccc(S(=O)(=O)N4CC(CO)C4)c3)cc2N=C(N)C1. The van der Waals surface area contributed by atoms with Gasteiger partial charge in [-0.1, -0.05) is 31.2 Å². The van der Waals surface area contributed by atoms with E-state index in [0.717, 1.165) is 28.8 Å². The fourth-order valence-electron chi connectivity index (χ4n) is 4.99. The van der Waals surface area contributed by atoms with Crippen LogP contribution in [0.5, 0.6) is 0 Å². The van der Waals surface area contributed by atoms with Crippen LogP contribution < -0.4 is 5.73 Å². The summed E-state index contributed by atoms with van der Waals surface area (Å²) in [7, 11) is -3.64. The number of H-pyrrole nitrogens is 1. The molecule has 0 unspecified atom stereocenters. The Morgan fingerprint density at radius 1 is 1.18 bits per heavy atom. The Balaban J connectivity index is 1.39. The van der Waals surface area contributed by atoms with E-state index in [2.05, 4.69) is 15.0 Å². The molecule has 0 spiro atoms. The first-order chi connectivity index (χ1) is 19.3. The molecule has 0 aliphatic carbocycles. The summed E-state index contributed by atoms with van der Waals surface area (Å²) < 4.78 is 27.5. The molecule has 5 rings (SSSR count). The first-order valence-corrected chi connectivity index (χ1v) is 14.9. The molecule has 2 aromatic carbocycles. The molecule has 4 N–H and O–H groups in total. The summed E-state index contributed by atoms with van der Waals surface area (Å²) >= 11 is 0. The number of aliphatic hydroxyl groups excluding tert-OH is 1. The van der Waals surface area contributed by atoms with E-state index in [1.807, 2.05) is 48.4 Å². The van der Waals surface area contributed by atoms with Crippen LogP contribution in [0.15, 0.2) is 70.4 Å². The van der Waals surface area contributed by atoms with Crippen LogP contribution in [-0.2, 0) is 21.2 Å². The summed E-state index contributed by atoms with van der Waals surface area (Å²) in [6, 6.07) is 12.5. The van der Waals surface area contributed by atoms with Crippen LogP contribution in [0.4, 0.5) is 5.69 Å². The Hall–Kier alpha value is -3.80. The summed E-state index contributed by atoms with van der Waals surface area (Å²) in [6.45, 7) is 3.84. The Bertz CT molecular complexity index is 1540. The number of carbonyl (C=O) groups is 1. The van der Waals surface area contributed by atoms with Gasteiger partial charge in [-0.3, -0.25) is 4.79 Å². The van der Waals surface area contributed by atoms with Crippen molar-refractivity contribution in [2.45, 2.75) is 31.1 Å². The number of aliphatic imine (C=N–C) groups is 1. The number of amidine groups is 1. The largest absolute Gasteiger partial charge is 0.396 e. The van der Waals surface area contributed by atoms with E-state index in [9.17, 15) is 18.3 Å². The van der Waals surface area contributed by atoms with Crippen molar-refractivity contribution in [3.8, 4) is 11.1 Å². The normalized spacial score (nSPS) is 15.9. The molecule has 10 nitrogen and oxygen atoms in total. The number of aliphatic hydroxyl groups is 1. The first-order valence-electron chi connectivity index (χ1n) is 13.4. The maximum Gasteiger partial charge on any atom is 0.250 e. The van der Waals surface area contributed by atoms with Gasteiger partial charge in [-0.25, -0.2) is 18.4 Å². The van der Waals surface area contributed by atoms with E-state index < -0.39 is 10.0 Å². The molecule has 11 heteroatoms. The summed E-state index contributed by atoms with van der Waals surface area (Å²) in [5.74, 6) is 0.257. The highest BCUT2D eigenvalue weighted by molar-refractivity contribution is 7.89. The van der Waals surface area contributed by atoms with Gasteiger partial charge < -0.3 is 20.7 Å². The number of benzene rings is 2. The predicted octanol–water partition coefficient (Wildman–Crippen LogP) is 2.95. The van der Waals surface area contributed by atoms with Gasteiger partial charge in [0.05, 0.1) is 22.6 Å². The quantitative estimate of drug-likeness (QED) is 0.346. The van der Waals surface area contributed by atoms with Crippen LogP contribution in [0.25, 0.3) is 17.2 Å². The fraction of sp³-hybridized carbons (Fsp3) is 0.345. The molecule has 210 valence electrons. The minimum absolute atomic E-state index is 0.0131. The van der Waals surface area contributed by atoms with E-state index in [0.29, 0.717) is 49.7 Å². The number of nitrogens with one attached hydrogen (secondary N) is 1.